The largest absolute Gasteiger partial charge is 0.325 e. The molecule has 0 radical (unpaired) electrons. The topological polar surface area (TPSA) is 43.8 Å². The van der Waals surface area contributed by atoms with Gasteiger partial charge in [-0.15, -0.1) is 0 Å². The van der Waals surface area contributed by atoms with E-state index in [1.807, 2.05) is 11.6 Å². The summed E-state index contributed by atoms with van der Waals surface area (Å²) in [6.07, 6.45) is 1.94. The van der Waals surface area contributed by atoms with Crippen LogP contribution in [0.3, 0.4) is 0 Å². The van der Waals surface area contributed by atoms with E-state index in [1.165, 1.54) is 22.3 Å². The second kappa shape index (κ2) is 6.10. The van der Waals surface area contributed by atoms with Gasteiger partial charge in [0.05, 0.1) is 12.2 Å². The molecule has 20 heavy (non-hydrogen) atoms. The molecule has 0 aliphatic rings. The second-order valence-electron chi connectivity index (χ2n) is 5.41. The molecule has 0 saturated carbocycles. The summed E-state index contributed by atoms with van der Waals surface area (Å²) in [4.78, 5) is 4.61. The van der Waals surface area contributed by atoms with Gasteiger partial charge in [-0.2, -0.15) is 0 Å². The van der Waals surface area contributed by atoms with E-state index < -0.39 is 0 Å². The average molecular weight is 336 g/mol. The Morgan fingerprint density at radius 2 is 1.75 bits per heavy atom. The van der Waals surface area contributed by atoms with Crippen LogP contribution < -0.4 is 5.73 Å². The maximum Gasteiger partial charge on any atom is 0.123 e. The van der Waals surface area contributed by atoms with Crippen molar-refractivity contribution < 1.29 is 0 Å². The van der Waals surface area contributed by atoms with E-state index in [0.717, 1.165) is 29.0 Å². The van der Waals surface area contributed by atoms with E-state index in [2.05, 4.69) is 53.8 Å². The van der Waals surface area contributed by atoms with Crippen molar-refractivity contribution in [1.29, 1.82) is 0 Å². The first-order valence-corrected chi connectivity index (χ1v) is 7.70. The van der Waals surface area contributed by atoms with Gasteiger partial charge in [0.25, 0.3) is 0 Å². The van der Waals surface area contributed by atoms with Crippen molar-refractivity contribution in [2.75, 3.05) is 0 Å². The summed E-state index contributed by atoms with van der Waals surface area (Å²) in [7, 11) is 1.99. The summed E-state index contributed by atoms with van der Waals surface area (Å²) >= 11 is 3.61. The lowest BCUT2D eigenvalue weighted by Gasteiger charge is -2.10. The third-order valence-corrected chi connectivity index (χ3v) is 4.81. The van der Waals surface area contributed by atoms with Crippen LogP contribution in [0.2, 0.25) is 0 Å². The van der Waals surface area contributed by atoms with Gasteiger partial charge in [0.1, 0.15) is 10.4 Å². The third-order valence-electron chi connectivity index (χ3n) is 3.82. The Kier molecular flexibility index (Phi) is 4.66. The maximum atomic E-state index is 5.70. The number of aryl methyl sites for hydroxylation is 4. The summed E-state index contributed by atoms with van der Waals surface area (Å²) in [5, 5.41) is 0. The Labute approximate surface area is 129 Å². The molecule has 4 heteroatoms. The summed E-state index contributed by atoms with van der Waals surface area (Å²) < 4.78 is 3.06. The highest BCUT2D eigenvalue weighted by molar-refractivity contribution is 9.10. The minimum Gasteiger partial charge on any atom is -0.325 e. The molecule has 0 atom stereocenters. The van der Waals surface area contributed by atoms with Crippen LogP contribution >= 0.6 is 15.9 Å². The fraction of sp³-hybridized carbons (Fsp3) is 0.438. The highest BCUT2D eigenvalue weighted by Gasteiger charge is 2.12. The zero-order chi connectivity index (χ0) is 14.9. The van der Waals surface area contributed by atoms with E-state index in [9.17, 15) is 0 Å². The van der Waals surface area contributed by atoms with Gasteiger partial charge in [0.2, 0.25) is 0 Å². The van der Waals surface area contributed by atoms with Crippen LogP contribution in [0.15, 0.2) is 16.7 Å². The van der Waals surface area contributed by atoms with Crippen molar-refractivity contribution in [3.05, 3.63) is 50.5 Å². The van der Waals surface area contributed by atoms with Crippen molar-refractivity contribution in [2.24, 2.45) is 12.8 Å². The van der Waals surface area contributed by atoms with Crippen molar-refractivity contribution in [3.63, 3.8) is 0 Å². The Morgan fingerprint density at radius 3 is 2.25 bits per heavy atom. The minimum absolute atomic E-state index is 0.470. The molecule has 3 nitrogen and oxygen atoms in total. The average Bonchev–Trinajstić information content (AvgIpc) is 2.65. The number of hydrogen-bond acceptors (Lipinski definition) is 2. The predicted molar refractivity (Wildman–Crippen MR) is 86.9 cm³/mol. The van der Waals surface area contributed by atoms with Gasteiger partial charge in [-0.1, -0.05) is 17.7 Å². The van der Waals surface area contributed by atoms with Crippen molar-refractivity contribution in [1.82, 2.24) is 9.55 Å². The van der Waals surface area contributed by atoms with Gasteiger partial charge in [-0.25, -0.2) is 4.98 Å². The van der Waals surface area contributed by atoms with Gasteiger partial charge in [-0.05, 0) is 66.2 Å². The number of nitrogens with two attached hydrogens (primary N) is 1. The molecule has 0 amide bonds. The molecule has 0 saturated heterocycles. The fourth-order valence-electron chi connectivity index (χ4n) is 2.77. The van der Waals surface area contributed by atoms with Gasteiger partial charge in [0, 0.05) is 7.05 Å². The van der Waals surface area contributed by atoms with Gasteiger partial charge < -0.3 is 10.3 Å². The van der Waals surface area contributed by atoms with Crippen LogP contribution in [0.5, 0.6) is 0 Å². The quantitative estimate of drug-likeness (QED) is 0.930. The Hall–Kier alpha value is -1.13. The van der Waals surface area contributed by atoms with Crippen LogP contribution in [0.25, 0.3) is 0 Å². The molecule has 1 aromatic heterocycles. The summed E-state index contributed by atoms with van der Waals surface area (Å²) in [5.74, 6) is 0.921. The van der Waals surface area contributed by atoms with Crippen LogP contribution in [-0.2, 0) is 26.4 Å². The standard InChI is InChI=1S/C16H22BrN3/c1-10-7-11(2)13(12(3)8-10)5-6-14-16(17)20(4)15(9-18)19-14/h7-8H,5-6,9,18H2,1-4H3. The van der Waals surface area contributed by atoms with Crippen LogP contribution in [0.4, 0.5) is 0 Å². The van der Waals surface area contributed by atoms with Crippen LogP contribution in [0.1, 0.15) is 33.8 Å². The number of nitrogens with zero attached hydrogens (tertiary/aromatic N) is 2. The Bertz CT molecular complexity index is 606. The SMILES string of the molecule is Cc1cc(C)c(CCc2nc(CN)n(C)c2Br)c(C)c1. The summed E-state index contributed by atoms with van der Waals surface area (Å²) in [6.45, 7) is 6.99. The molecule has 0 unspecified atom stereocenters. The Balaban J connectivity index is 2.21. The maximum absolute atomic E-state index is 5.70. The number of halogens is 1. The zero-order valence-electron chi connectivity index (χ0n) is 12.6. The molecule has 0 bridgehead atoms. The highest BCUT2D eigenvalue weighted by Crippen LogP contribution is 2.22. The van der Waals surface area contributed by atoms with Crippen LogP contribution in [0, 0.1) is 20.8 Å². The number of aromatic nitrogens is 2. The summed E-state index contributed by atoms with van der Waals surface area (Å²) in [5.41, 5.74) is 12.3. The molecule has 0 aliphatic carbocycles. The van der Waals surface area contributed by atoms with Crippen molar-refractivity contribution >= 4 is 15.9 Å². The fourth-order valence-corrected chi connectivity index (χ4v) is 3.26. The predicted octanol–water partition coefficient (Wildman–Crippen LogP) is 3.35. The van der Waals surface area contributed by atoms with Crippen molar-refractivity contribution in [2.45, 2.75) is 40.2 Å². The zero-order valence-corrected chi connectivity index (χ0v) is 14.2. The van der Waals surface area contributed by atoms with E-state index in [-0.39, 0.29) is 0 Å². The van der Waals surface area contributed by atoms with Gasteiger partial charge in [0.15, 0.2) is 0 Å². The molecule has 2 aromatic rings. The number of imidazole rings is 1. The smallest absolute Gasteiger partial charge is 0.123 e. The van der Waals surface area contributed by atoms with Gasteiger partial charge >= 0.3 is 0 Å². The molecule has 2 rings (SSSR count). The van der Waals surface area contributed by atoms with Crippen molar-refractivity contribution in [3.8, 4) is 0 Å². The number of benzene rings is 1. The van der Waals surface area contributed by atoms with Crippen LogP contribution in [-0.4, -0.2) is 9.55 Å². The van der Waals surface area contributed by atoms with E-state index in [1.54, 1.807) is 0 Å². The lowest BCUT2D eigenvalue weighted by atomic mass is 9.96. The lowest BCUT2D eigenvalue weighted by Crippen LogP contribution is -2.04. The van der Waals surface area contributed by atoms with Gasteiger partial charge in [-0.3, -0.25) is 0 Å². The van der Waals surface area contributed by atoms with E-state index >= 15 is 0 Å². The van der Waals surface area contributed by atoms with E-state index in [4.69, 9.17) is 5.73 Å². The molecule has 0 fully saturated rings. The molecule has 1 heterocycles. The molecular weight excluding hydrogens is 314 g/mol. The lowest BCUT2D eigenvalue weighted by molar-refractivity contribution is 0.781. The molecule has 108 valence electrons. The minimum atomic E-state index is 0.470. The first kappa shape index (κ1) is 15.3. The Morgan fingerprint density at radius 1 is 1.15 bits per heavy atom. The monoisotopic (exact) mass is 335 g/mol. The second-order valence-corrected chi connectivity index (χ2v) is 6.16. The number of rotatable bonds is 4. The molecule has 2 N–H and O–H groups in total. The first-order valence-electron chi connectivity index (χ1n) is 6.90. The molecule has 1 aromatic carbocycles. The highest BCUT2D eigenvalue weighted by atomic mass is 79.9. The third kappa shape index (κ3) is 2.96. The molecule has 0 spiro atoms. The number of hydrogen-bond donors (Lipinski definition) is 1. The van der Waals surface area contributed by atoms with E-state index in [0.29, 0.717) is 6.54 Å². The first-order chi connectivity index (χ1) is 9.43. The summed E-state index contributed by atoms with van der Waals surface area (Å²) in [6, 6.07) is 4.50. The molecule has 0 aliphatic heterocycles. The normalized spacial score (nSPS) is 11.1. The molecular formula is C16H22BrN3.